The molecule has 3 aliphatic rings. The summed E-state index contributed by atoms with van der Waals surface area (Å²) in [4.78, 5) is 20.5. The Kier molecular flexibility index (Phi) is 3.98. The normalized spacial score (nSPS) is 26.2. The molecule has 1 amide bonds. The van der Waals surface area contributed by atoms with Gasteiger partial charge in [0.25, 0.3) is 5.91 Å². The molecule has 1 spiro atoms. The maximum absolute atomic E-state index is 13.5. The topological polar surface area (TPSA) is 53.9 Å². The van der Waals surface area contributed by atoms with Gasteiger partial charge in [0.2, 0.25) is 4.87 Å². The number of anilines is 2. The first-order valence-corrected chi connectivity index (χ1v) is 11.3. The molecule has 148 valence electrons. The van der Waals surface area contributed by atoms with Gasteiger partial charge in [-0.1, -0.05) is 69.6 Å². The number of para-hydroxylation sites is 1. The Morgan fingerprint density at radius 1 is 1.00 bits per heavy atom. The number of hydrogen-bond donors (Lipinski definition) is 1. The highest BCUT2D eigenvalue weighted by Gasteiger charge is 2.64. The molecule has 0 saturated carbocycles. The van der Waals surface area contributed by atoms with Gasteiger partial charge in [-0.3, -0.25) is 9.69 Å². The van der Waals surface area contributed by atoms with E-state index in [0.29, 0.717) is 0 Å². The van der Waals surface area contributed by atoms with Crippen molar-refractivity contribution in [1.29, 1.82) is 0 Å². The van der Waals surface area contributed by atoms with Crippen LogP contribution in [0.4, 0.5) is 11.4 Å². The molecule has 3 aromatic rings. The minimum atomic E-state index is -0.926. The fourth-order valence-electron chi connectivity index (χ4n) is 4.37. The van der Waals surface area contributed by atoms with Crippen LogP contribution in [0.15, 0.2) is 88.5 Å². The highest BCUT2D eigenvalue weighted by molar-refractivity contribution is 9.10. The van der Waals surface area contributed by atoms with Gasteiger partial charge in [-0.05, 0) is 35.9 Å². The van der Waals surface area contributed by atoms with E-state index >= 15 is 0 Å². The Hall–Kier alpha value is -2.77. The lowest BCUT2D eigenvalue weighted by Gasteiger charge is -2.33. The van der Waals surface area contributed by atoms with Crippen molar-refractivity contribution >= 4 is 50.8 Å². The van der Waals surface area contributed by atoms with E-state index in [1.165, 1.54) is 0 Å². The fraction of sp³-hybridized carbons (Fsp3) is 0.130. The molecule has 0 aliphatic carbocycles. The van der Waals surface area contributed by atoms with Crippen LogP contribution in [-0.4, -0.2) is 17.0 Å². The minimum absolute atomic E-state index is 0.0551. The molecule has 0 aromatic heterocycles. The van der Waals surface area contributed by atoms with Crippen molar-refractivity contribution in [3.05, 3.63) is 94.5 Å². The number of halogens is 1. The van der Waals surface area contributed by atoms with Crippen molar-refractivity contribution in [2.75, 3.05) is 10.2 Å². The standard InChI is InChI=1S/C23H16BrN3O2S/c24-15-10-12-16(13-11-15)27-21-20(19(29-26-21)14-6-2-1-3-7-14)30-23(27)17-8-4-5-9-18(17)25-22(23)28/h1-13,19-20H,(H,25,28). The second-order valence-electron chi connectivity index (χ2n) is 7.38. The number of carbonyl (C=O) groups is 1. The second kappa shape index (κ2) is 6.62. The molecule has 3 aliphatic heterocycles. The van der Waals surface area contributed by atoms with Crippen LogP contribution in [0.25, 0.3) is 0 Å². The summed E-state index contributed by atoms with van der Waals surface area (Å²) in [5.41, 5.74) is 3.74. The van der Waals surface area contributed by atoms with Crippen LogP contribution in [-0.2, 0) is 14.5 Å². The third kappa shape index (κ3) is 2.42. The number of carbonyl (C=O) groups excluding carboxylic acids is 1. The van der Waals surface area contributed by atoms with Gasteiger partial charge >= 0.3 is 0 Å². The smallest absolute Gasteiger partial charge is 0.266 e. The molecule has 3 atom stereocenters. The molecule has 3 aromatic carbocycles. The van der Waals surface area contributed by atoms with Gasteiger partial charge in [-0.2, -0.15) is 0 Å². The van der Waals surface area contributed by atoms with E-state index in [0.717, 1.165) is 32.8 Å². The van der Waals surface area contributed by atoms with Crippen LogP contribution < -0.4 is 10.2 Å². The van der Waals surface area contributed by atoms with Crippen molar-refractivity contribution in [2.45, 2.75) is 16.2 Å². The molecule has 30 heavy (non-hydrogen) atoms. The van der Waals surface area contributed by atoms with Crippen molar-refractivity contribution in [2.24, 2.45) is 5.16 Å². The van der Waals surface area contributed by atoms with Crippen molar-refractivity contribution in [3.63, 3.8) is 0 Å². The van der Waals surface area contributed by atoms with Gasteiger partial charge in [0.05, 0.1) is 0 Å². The summed E-state index contributed by atoms with van der Waals surface area (Å²) in [5, 5.41) is 7.47. The quantitative estimate of drug-likeness (QED) is 0.546. The number of fused-ring (bicyclic) bond motifs is 3. The number of nitrogens with one attached hydrogen (secondary N) is 1. The molecule has 5 nitrogen and oxygen atoms in total. The van der Waals surface area contributed by atoms with E-state index in [2.05, 4.69) is 26.4 Å². The summed E-state index contributed by atoms with van der Waals surface area (Å²) >= 11 is 5.10. The van der Waals surface area contributed by atoms with Crippen molar-refractivity contribution in [1.82, 2.24) is 0 Å². The first kappa shape index (κ1) is 18.0. The maximum Gasteiger partial charge on any atom is 0.266 e. The van der Waals surface area contributed by atoms with E-state index in [-0.39, 0.29) is 17.3 Å². The lowest BCUT2D eigenvalue weighted by Crippen LogP contribution is -2.47. The zero-order valence-electron chi connectivity index (χ0n) is 15.7. The minimum Gasteiger partial charge on any atom is -0.384 e. The Bertz CT molecular complexity index is 1180. The van der Waals surface area contributed by atoms with E-state index in [1.807, 2.05) is 83.8 Å². The molecule has 0 bridgehead atoms. The summed E-state index contributed by atoms with van der Waals surface area (Å²) in [7, 11) is 0. The van der Waals surface area contributed by atoms with E-state index in [4.69, 9.17) is 4.84 Å². The number of hydrogen-bond acceptors (Lipinski definition) is 5. The highest BCUT2D eigenvalue weighted by atomic mass is 79.9. The van der Waals surface area contributed by atoms with Gasteiger partial charge in [0.1, 0.15) is 5.25 Å². The highest BCUT2D eigenvalue weighted by Crippen LogP contribution is 2.60. The summed E-state index contributed by atoms with van der Waals surface area (Å²) in [5.74, 6) is 0.712. The van der Waals surface area contributed by atoms with Crippen molar-refractivity contribution in [3.8, 4) is 0 Å². The summed E-state index contributed by atoms with van der Waals surface area (Å²) in [6.45, 7) is 0. The van der Waals surface area contributed by atoms with Crippen LogP contribution in [0.1, 0.15) is 17.2 Å². The third-order valence-corrected chi connectivity index (χ3v) is 7.86. The SMILES string of the molecule is O=C1Nc2ccccc2C12SC1C(=NOC1c1ccccc1)N2c1ccc(Br)cc1. The molecule has 6 rings (SSSR count). The first-order chi connectivity index (χ1) is 14.7. The van der Waals surface area contributed by atoms with E-state index in [9.17, 15) is 4.79 Å². The lowest BCUT2D eigenvalue weighted by molar-refractivity contribution is -0.117. The van der Waals surface area contributed by atoms with Gasteiger partial charge in [0, 0.05) is 21.4 Å². The molecular weight excluding hydrogens is 462 g/mol. The van der Waals surface area contributed by atoms with Gasteiger partial charge in [0.15, 0.2) is 11.9 Å². The molecule has 7 heteroatoms. The zero-order valence-corrected chi connectivity index (χ0v) is 18.1. The Balaban J connectivity index is 1.54. The number of rotatable bonds is 2. The first-order valence-electron chi connectivity index (χ1n) is 9.62. The molecule has 1 saturated heterocycles. The van der Waals surface area contributed by atoms with E-state index < -0.39 is 4.87 Å². The molecule has 0 radical (unpaired) electrons. The molecule has 3 heterocycles. The average molecular weight is 478 g/mol. The number of nitrogens with zero attached hydrogens (tertiary/aromatic N) is 2. The largest absolute Gasteiger partial charge is 0.384 e. The molecule has 3 unspecified atom stereocenters. The fourth-order valence-corrected chi connectivity index (χ4v) is 6.36. The molecule has 1 fully saturated rings. The van der Waals surface area contributed by atoms with Gasteiger partial charge in [-0.15, -0.1) is 11.8 Å². The average Bonchev–Trinajstić information content (AvgIpc) is 3.41. The summed E-state index contributed by atoms with van der Waals surface area (Å²) in [6.07, 6.45) is -0.246. The van der Waals surface area contributed by atoms with Crippen LogP contribution in [0.5, 0.6) is 0 Å². The van der Waals surface area contributed by atoms with Gasteiger partial charge < -0.3 is 10.2 Å². The third-order valence-electron chi connectivity index (χ3n) is 5.69. The van der Waals surface area contributed by atoms with E-state index in [1.54, 1.807) is 11.8 Å². The Labute approximate surface area is 186 Å². The molecule has 1 N–H and O–H groups in total. The van der Waals surface area contributed by atoms with Crippen LogP contribution in [0.2, 0.25) is 0 Å². The zero-order chi connectivity index (χ0) is 20.3. The van der Waals surface area contributed by atoms with Crippen LogP contribution in [0.3, 0.4) is 0 Å². The van der Waals surface area contributed by atoms with Crippen LogP contribution >= 0.6 is 27.7 Å². The summed E-state index contributed by atoms with van der Waals surface area (Å²) in [6, 6.07) is 25.9. The lowest BCUT2D eigenvalue weighted by atomic mass is 10.0. The number of oxime groups is 1. The second-order valence-corrected chi connectivity index (χ2v) is 9.63. The Morgan fingerprint density at radius 2 is 1.73 bits per heavy atom. The van der Waals surface area contributed by atoms with Crippen molar-refractivity contribution < 1.29 is 9.63 Å². The number of benzene rings is 3. The maximum atomic E-state index is 13.5. The number of amides is 1. The predicted molar refractivity (Wildman–Crippen MR) is 122 cm³/mol. The monoisotopic (exact) mass is 477 g/mol. The number of amidine groups is 1. The summed E-state index contributed by atoms with van der Waals surface area (Å²) < 4.78 is 0.978. The Morgan fingerprint density at radius 3 is 2.53 bits per heavy atom. The van der Waals surface area contributed by atoms with Gasteiger partial charge in [-0.25, -0.2) is 0 Å². The molecular formula is C23H16BrN3O2S. The van der Waals surface area contributed by atoms with Crippen LogP contribution in [0, 0.1) is 0 Å². The predicted octanol–water partition coefficient (Wildman–Crippen LogP) is 5.26. The number of thioether (sulfide) groups is 1.